The monoisotopic (exact) mass is 305 g/mol. The topological polar surface area (TPSA) is 68.9 Å². The fourth-order valence-corrected chi connectivity index (χ4v) is 3.34. The number of benzene rings is 1. The highest BCUT2D eigenvalue weighted by Gasteiger charge is 2.23. The van der Waals surface area contributed by atoms with Gasteiger partial charge in [0.25, 0.3) is 0 Å². The number of methoxy groups -OCH3 is 2. The van der Waals surface area contributed by atoms with Crippen molar-refractivity contribution in [1.82, 2.24) is 9.55 Å². The number of fused-ring (bicyclic) bond motifs is 1. The molecule has 21 heavy (non-hydrogen) atoms. The van der Waals surface area contributed by atoms with Crippen LogP contribution in [0.2, 0.25) is 0 Å². The zero-order valence-corrected chi connectivity index (χ0v) is 12.6. The van der Waals surface area contributed by atoms with Crippen LogP contribution in [0.15, 0.2) is 28.5 Å². The van der Waals surface area contributed by atoms with E-state index in [-0.39, 0.29) is 0 Å². The van der Waals surface area contributed by atoms with Crippen LogP contribution < -0.4 is 9.47 Å². The fourth-order valence-electron chi connectivity index (χ4n) is 2.38. The third-order valence-electron chi connectivity index (χ3n) is 3.36. The summed E-state index contributed by atoms with van der Waals surface area (Å²) in [5, 5.41) is 13.0. The molecule has 7 heteroatoms. The summed E-state index contributed by atoms with van der Waals surface area (Å²) in [6.45, 7) is 0.848. The van der Waals surface area contributed by atoms with E-state index in [9.17, 15) is 0 Å². The van der Waals surface area contributed by atoms with Gasteiger partial charge in [0, 0.05) is 17.9 Å². The molecule has 0 bridgehead atoms. The predicted octanol–water partition coefficient (Wildman–Crippen LogP) is 2.48. The molecule has 0 spiro atoms. The van der Waals surface area contributed by atoms with Crippen LogP contribution in [-0.2, 0) is 6.54 Å². The van der Waals surface area contributed by atoms with E-state index >= 15 is 0 Å². The standard InChI is InChI=1S/C14H15N3O3S/c1-19-9-3-4-12(20-2)10(7-9)13-11(8-15-18)17-5-6-21-14(17)16-13/h3-4,7-8,18H,5-6H2,1-2H3/b15-8+. The molecule has 1 aliphatic heterocycles. The van der Waals surface area contributed by atoms with Crippen molar-refractivity contribution in [3.63, 3.8) is 0 Å². The van der Waals surface area contributed by atoms with Crippen LogP contribution in [0.5, 0.6) is 11.5 Å². The van der Waals surface area contributed by atoms with Crippen molar-refractivity contribution in [2.45, 2.75) is 11.7 Å². The predicted molar refractivity (Wildman–Crippen MR) is 80.9 cm³/mol. The van der Waals surface area contributed by atoms with Crippen LogP contribution >= 0.6 is 11.8 Å². The van der Waals surface area contributed by atoms with Gasteiger partial charge in [-0.15, -0.1) is 0 Å². The number of aromatic nitrogens is 2. The zero-order chi connectivity index (χ0) is 14.8. The zero-order valence-electron chi connectivity index (χ0n) is 11.7. The Bertz CT molecular complexity index is 697. The fraction of sp³-hybridized carbons (Fsp3) is 0.286. The van der Waals surface area contributed by atoms with Crippen LogP contribution in [-0.4, -0.2) is 40.9 Å². The first-order valence-corrected chi connectivity index (χ1v) is 7.40. The van der Waals surface area contributed by atoms with E-state index in [1.807, 2.05) is 22.8 Å². The third kappa shape index (κ3) is 2.33. The number of rotatable bonds is 4. The average molecular weight is 305 g/mol. The van der Waals surface area contributed by atoms with E-state index in [4.69, 9.17) is 14.7 Å². The van der Waals surface area contributed by atoms with Crippen molar-refractivity contribution >= 4 is 18.0 Å². The number of nitrogens with zero attached hydrogens (tertiary/aromatic N) is 3. The van der Waals surface area contributed by atoms with Crippen LogP contribution in [0, 0.1) is 0 Å². The number of imidazole rings is 1. The molecule has 110 valence electrons. The van der Waals surface area contributed by atoms with Crippen LogP contribution in [0.4, 0.5) is 0 Å². The third-order valence-corrected chi connectivity index (χ3v) is 4.32. The molecule has 0 radical (unpaired) electrons. The minimum absolute atomic E-state index is 0.699. The molecule has 2 aromatic rings. The quantitative estimate of drug-likeness (QED) is 0.534. The molecular weight excluding hydrogens is 290 g/mol. The van der Waals surface area contributed by atoms with E-state index < -0.39 is 0 Å². The van der Waals surface area contributed by atoms with Crippen LogP contribution in [0.25, 0.3) is 11.3 Å². The maximum absolute atomic E-state index is 8.93. The van der Waals surface area contributed by atoms with Crippen LogP contribution in [0.3, 0.4) is 0 Å². The first kappa shape index (κ1) is 13.8. The Balaban J connectivity index is 2.20. The van der Waals surface area contributed by atoms with Crippen molar-refractivity contribution < 1.29 is 14.7 Å². The Kier molecular flexibility index (Phi) is 3.74. The van der Waals surface area contributed by atoms with Gasteiger partial charge in [-0.3, -0.25) is 0 Å². The van der Waals surface area contributed by atoms with Crippen molar-refractivity contribution in [2.24, 2.45) is 5.16 Å². The molecule has 6 nitrogen and oxygen atoms in total. The number of thioether (sulfide) groups is 1. The summed E-state index contributed by atoms with van der Waals surface area (Å²) in [6.07, 6.45) is 1.41. The molecule has 0 saturated heterocycles. The first-order chi connectivity index (χ1) is 10.3. The van der Waals surface area contributed by atoms with Gasteiger partial charge >= 0.3 is 0 Å². The van der Waals surface area contributed by atoms with Crippen molar-refractivity contribution in [3.8, 4) is 22.8 Å². The molecule has 0 unspecified atom stereocenters. The lowest BCUT2D eigenvalue weighted by atomic mass is 10.1. The summed E-state index contributed by atoms with van der Waals surface area (Å²) in [4.78, 5) is 4.65. The molecule has 1 N–H and O–H groups in total. The molecule has 1 aliphatic rings. The van der Waals surface area contributed by atoms with Gasteiger partial charge in [-0.25, -0.2) is 4.98 Å². The highest BCUT2D eigenvalue weighted by molar-refractivity contribution is 7.99. The largest absolute Gasteiger partial charge is 0.497 e. The molecule has 0 aliphatic carbocycles. The normalized spacial score (nSPS) is 13.6. The Labute approximate surface area is 126 Å². The molecule has 0 saturated carbocycles. The smallest absolute Gasteiger partial charge is 0.169 e. The van der Waals surface area contributed by atoms with Gasteiger partial charge in [-0.2, -0.15) is 0 Å². The summed E-state index contributed by atoms with van der Waals surface area (Å²) in [7, 11) is 3.23. The van der Waals surface area contributed by atoms with E-state index in [1.54, 1.807) is 26.0 Å². The van der Waals surface area contributed by atoms with Gasteiger partial charge in [0.05, 0.1) is 26.1 Å². The van der Waals surface area contributed by atoms with Crippen LogP contribution in [0.1, 0.15) is 5.69 Å². The number of oxime groups is 1. The molecule has 0 atom stereocenters. The van der Waals surface area contributed by atoms with Gasteiger partial charge < -0.3 is 19.2 Å². The SMILES string of the molecule is COc1ccc(OC)c(-c2nc3n(c2/C=N/O)CCS3)c1. The van der Waals surface area contributed by atoms with Gasteiger partial charge in [0.1, 0.15) is 17.2 Å². The Morgan fingerprint density at radius 3 is 2.95 bits per heavy atom. The molecule has 0 amide bonds. The second-order valence-corrected chi connectivity index (χ2v) is 5.50. The number of ether oxygens (including phenoxy) is 2. The summed E-state index contributed by atoms with van der Waals surface area (Å²) in [5.74, 6) is 2.40. The van der Waals surface area contributed by atoms with Crippen molar-refractivity contribution in [1.29, 1.82) is 0 Å². The lowest BCUT2D eigenvalue weighted by Gasteiger charge is -2.10. The van der Waals surface area contributed by atoms with Crippen molar-refractivity contribution in [3.05, 3.63) is 23.9 Å². The lowest BCUT2D eigenvalue weighted by molar-refractivity contribution is 0.321. The maximum atomic E-state index is 8.93. The Morgan fingerprint density at radius 2 is 2.24 bits per heavy atom. The molecule has 1 aromatic carbocycles. The summed E-state index contributed by atoms with van der Waals surface area (Å²) >= 11 is 1.68. The minimum atomic E-state index is 0.699. The van der Waals surface area contributed by atoms with Gasteiger partial charge in [-0.1, -0.05) is 16.9 Å². The minimum Gasteiger partial charge on any atom is -0.497 e. The van der Waals surface area contributed by atoms with E-state index in [1.165, 1.54) is 6.21 Å². The number of hydrogen-bond donors (Lipinski definition) is 1. The molecule has 2 heterocycles. The molecule has 0 fully saturated rings. The summed E-state index contributed by atoms with van der Waals surface area (Å²) < 4.78 is 12.7. The Hall–Kier alpha value is -2.15. The first-order valence-electron chi connectivity index (χ1n) is 6.41. The van der Waals surface area contributed by atoms with Crippen molar-refractivity contribution in [2.75, 3.05) is 20.0 Å². The van der Waals surface area contributed by atoms with E-state index in [0.29, 0.717) is 5.75 Å². The maximum Gasteiger partial charge on any atom is 0.169 e. The Morgan fingerprint density at radius 1 is 1.38 bits per heavy atom. The number of hydrogen-bond acceptors (Lipinski definition) is 6. The molecular formula is C14H15N3O3S. The lowest BCUT2D eigenvalue weighted by Crippen LogP contribution is -2.01. The van der Waals surface area contributed by atoms with E-state index in [0.717, 1.165) is 40.2 Å². The highest BCUT2D eigenvalue weighted by atomic mass is 32.2. The highest BCUT2D eigenvalue weighted by Crippen LogP contribution is 2.38. The van der Waals surface area contributed by atoms with Gasteiger partial charge in [0.2, 0.25) is 0 Å². The molecule has 1 aromatic heterocycles. The van der Waals surface area contributed by atoms with Gasteiger partial charge in [0.15, 0.2) is 5.16 Å². The van der Waals surface area contributed by atoms with Gasteiger partial charge in [-0.05, 0) is 18.2 Å². The summed E-state index contributed by atoms with van der Waals surface area (Å²) in [5.41, 5.74) is 2.31. The molecule has 3 rings (SSSR count). The van der Waals surface area contributed by atoms with E-state index in [2.05, 4.69) is 10.1 Å². The second kappa shape index (κ2) is 5.69. The average Bonchev–Trinajstić information content (AvgIpc) is 3.09. The summed E-state index contributed by atoms with van der Waals surface area (Å²) in [6, 6.07) is 5.54. The second-order valence-electron chi connectivity index (χ2n) is 4.44.